The van der Waals surface area contributed by atoms with E-state index in [0.29, 0.717) is 13.2 Å². The first kappa shape index (κ1) is 40.1. The molecule has 41 heavy (non-hydrogen) atoms. The lowest BCUT2D eigenvalue weighted by Gasteiger charge is -2.12. The van der Waals surface area contributed by atoms with Gasteiger partial charge in [-0.2, -0.15) is 0 Å². The largest absolute Gasteiger partial charge is 0.472 e. The van der Waals surface area contributed by atoms with E-state index in [9.17, 15) is 9.46 Å². The van der Waals surface area contributed by atoms with Crippen molar-refractivity contribution in [2.24, 2.45) is 0 Å². The Kier molecular flexibility index (Phi) is 32.8. The third kappa shape index (κ3) is 35.2. The summed E-state index contributed by atoms with van der Waals surface area (Å²) in [5.41, 5.74) is 0. The Morgan fingerprint density at radius 1 is 0.439 bits per heavy atom. The molecule has 0 unspecified atom stereocenters. The molecule has 0 aromatic heterocycles. The summed E-state index contributed by atoms with van der Waals surface area (Å²) in [4.78, 5) is 9.86. The maximum atomic E-state index is 12.0. The Morgan fingerprint density at radius 3 is 1.07 bits per heavy atom. The molecule has 0 heterocycles. The molecular formula is C36H67O4P. The molecule has 240 valence electrons. The highest BCUT2D eigenvalue weighted by Gasteiger charge is 2.19. The van der Waals surface area contributed by atoms with E-state index in [0.717, 1.165) is 64.2 Å². The second-order valence-electron chi connectivity index (χ2n) is 11.3. The summed E-state index contributed by atoms with van der Waals surface area (Å²) in [7, 11) is -3.90. The molecule has 0 atom stereocenters. The molecule has 0 aliphatic rings. The first-order chi connectivity index (χ1) is 20.1. The highest BCUT2D eigenvalue weighted by molar-refractivity contribution is 7.47. The number of unbranched alkanes of at least 4 members (excludes halogenated alkanes) is 18. The fourth-order valence-electron chi connectivity index (χ4n) is 4.58. The van der Waals surface area contributed by atoms with Crippen LogP contribution in [-0.2, 0) is 13.6 Å². The second kappa shape index (κ2) is 33.6. The lowest BCUT2D eigenvalue weighted by molar-refractivity contribution is 0.145. The van der Waals surface area contributed by atoms with Gasteiger partial charge < -0.3 is 4.89 Å². The molecule has 0 amide bonds. The minimum absolute atomic E-state index is 0.298. The van der Waals surface area contributed by atoms with Gasteiger partial charge in [0.25, 0.3) is 0 Å². The first-order valence-electron chi connectivity index (χ1n) is 17.3. The Labute approximate surface area is 255 Å². The van der Waals surface area contributed by atoms with Crippen molar-refractivity contribution >= 4 is 7.82 Å². The van der Waals surface area contributed by atoms with Gasteiger partial charge in [-0.15, -0.1) is 0 Å². The Morgan fingerprint density at radius 2 is 0.732 bits per heavy atom. The zero-order valence-corrected chi connectivity index (χ0v) is 28.0. The van der Waals surface area contributed by atoms with Gasteiger partial charge in [-0.05, 0) is 77.0 Å². The number of allylic oxidation sites excluding steroid dienone is 8. The Hall–Kier alpha value is -0.930. The predicted octanol–water partition coefficient (Wildman–Crippen LogP) is 12.7. The summed E-state index contributed by atoms with van der Waals surface area (Å²) in [5.74, 6) is 0. The molecule has 0 saturated carbocycles. The maximum Gasteiger partial charge on any atom is 0.472 e. The number of rotatable bonds is 32. The fourth-order valence-corrected chi connectivity index (χ4v) is 5.37. The minimum atomic E-state index is -3.90. The van der Waals surface area contributed by atoms with Crippen LogP contribution in [0.15, 0.2) is 48.6 Å². The predicted molar refractivity (Wildman–Crippen MR) is 180 cm³/mol. The van der Waals surface area contributed by atoms with Crippen LogP contribution >= 0.6 is 7.82 Å². The van der Waals surface area contributed by atoms with E-state index < -0.39 is 7.82 Å². The standard InChI is InChI=1S/C36H67O4P/c1-3-5-7-9-11-13-15-17-19-21-23-25-27-29-31-33-35-39-41(37,38)40-36-34-32-30-28-26-24-22-20-18-16-14-12-10-8-6-4-2/h11-14,17-20H,3-10,15-16,21-36H2,1-2H3,(H,37,38). The molecule has 0 aromatic carbocycles. The average molecular weight is 595 g/mol. The number of phosphoric ester groups is 1. The van der Waals surface area contributed by atoms with Crippen molar-refractivity contribution in [2.45, 2.75) is 168 Å². The molecular weight excluding hydrogens is 527 g/mol. The van der Waals surface area contributed by atoms with Gasteiger partial charge in [-0.3, -0.25) is 9.05 Å². The van der Waals surface area contributed by atoms with E-state index in [1.54, 1.807) is 0 Å². The molecule has 5 heteroatoms. The van der Waals surface area contributed by atoms with Crippen molar-refractivity contribution in [3.05, 3.63) is 48.6 Å². The quantitative estimate of drug-likeness (QED) is 0.0478. The first-order valence-corrected chi connectivity index (χ1v) is 18.8. The van der Waals surface area contributed by atoms with Gasteiger partial charge in [0.05, 0.1) is 13.2 Å². The van der Waals surface area contributed by atoms with Crippen molar-refractivity contribution < 1.29 is 18.5 Å². The van der Waals surface area contributed by atoms with Crippen LogP contribution in [0, 0.1) is 0 Å². The molecule has 0 bridgehead atoms. The van der Waals surface area contributed by atoms with Gasteiger partial charge >= 0.3 is 7.82 Å². The van der Waals surface area contributed by atoms with Gasteiger partial charge in [-0.1, -0.05) is 140 Å². The lowest BCUT2D eigenvalue weighted by atomic mass is 10.1. The minimum Gasteiger partial charge on any atom is -0.302 e. The van der Waals surface area contributed by atoms with Crippen LogP contribution in [0.2, 0.25) is 0 Å². The van der Waals surface area contributed by atoms with Crippen LogP contribution in [0.4, 0.5) is 0 Å². The third-order valence-corrected chi connectivity index (χ3v) is 8.22. The molecule has 0 saturated heterocycles. The summed E-state index contributed by atoms with van der Waals surface area (Å²) in [6.45, 7) is 5.08. The van der Waals surface area contributed by atoms with Crippen LogP contribution in [-0.4, -0.2) is 18.1 Å². The van der Waals surface area contributed by atoms with Crippen molar-refractivity contribution in [3.8, 4) is 0 Å². The van der Waals surface area contributed by atoms with E-state index in [1.807, 2.05) is 0 Å². The number of hydrogen-bond acceptors (Lipinski definition) is 3. The summed E-state index contributed by atoms with van der Waals surface area (Å²) in [5, 5.41) is 0. The summed E-state index contributed by atoms with van der Waals surface area (Å²) in [6, 6.07) is 0. The van der Waals surface area contributed by atoms with Gasteiger partial charge in [0.2, 0.25) is 0 Å². The van der Waals surface area contributed by atoms with Gasteiger partial charge in [0.1, 0.15) is 0 Å². The van der Waals surface area contributed by atoms with Crippen molar-refractivity contribution in [2.75, 3.05) is 13.2 Å². The van der Waals surface area contributed by atoms with Gasteiger partial charge in [-0.25, -0.2) is 4.57 Å². The van der Waals surface area contributed by atoms with E-state index in [2.05, 4.69) is 62.5 Å². The summed E-state index contributed by atoms with van der Waals surface area (Å²) in [6.07, 6.45) is 46.5. The van der Waals surface area contributed by atoms with Crippen LogP contribution in [0.25, 0.3) is 0 Å². The Bertz CT molecular complexity index is 629. The van der Waals surface area contributed by atoms with Crippen molar-refractivity contribution in [1.82, 2.24) is 0 Å². The molecule has 1 N–H and O–H groups in total. The zero-order valence-electron chi connectivity index (χ0n) is 27.1. The van der Waals surface area contributed by atoms with E-state index in [4.69, 9.17) is 9.05 Å². The summed E-state index contributed by atoms with van der Waals surface area (Å²) >= 11 is 0. The molecule has 0 radical (unpaired) electrons. The molecule has 0 rings (SSSR count). The van der Waals surface area contributed by atoms with Crippen LogP contribution in [0.5, 0.6) is 0 Å². The van der Waals surface area contributed by atoms with Crippen LogP contribution in [0.3, 0.4) is 0 Å². The van der Waals surface area contributed by atoms with E-state index in [-0.39, 0.29) is 0 Å². The third-order valence-electron chi connectivity index (χ3n) is 7.20. The highest BCUT2D eigenvalue weighted by Crippen LogP contribution is 2.43. The van der Waals surface area contributed by atoms with E-state index >= 15 is 0 Å². The topological polar surface area (TPSA) is 55.8 Å². The highest BCUT2D eigenvalue weighted by atomic mass is 31.2. The molecule has 0 aliphatic carbocycles. The molecule has 4 nitrogen and oxygen atoms in total. The lowest BCUT2D eigenvalue weighted by Crippen LogP contribution is -1.99. The Balaban J connectivity index is 3.41. The average Bonchev–Trinajstić information content (AvgIpc) is 2.96. The number of phosphoric acid groups is 1. The van der Waals surface area contributed by atoms with Crippen LogP contribution < -0.4 is 0 Å². The normalized spacial score (nSPS) is 13.9. The molecule has 0 aromatic rings. The molecule has 0 spiro atoms. The maximum absolute atomic E-state index is 12.0. The molecule has 0 fully saturated rings. The fraction of sp³-hybridized carbons (Fsp3) is 0.778. The monoisotopic (exact) mass is 594 g/mol. The summed E-state index contributed by atoms with van der Waals surface area (Å²) < 4.78 is 22.3. The van der Waals surface area contributed by atoms with Gasteiger partial charge in [0.15, 0.2) is 0 Å². The second-order valence-corrected chi connectivity index (χ2v) is 12.8. The SMILES string of the molecule is CCCCCC=CCC=CCCCCCCCCOP(=O)(O)OCCCCCCCCC=CCC=CCCCCC. The number of hydrogen-bond donors (Lipinski definition) is 1. The van der Waals surface area contributed by atoms with Gasteiger partial charge in [0, 0.05) is 0 Å². The van der Waals surface area contributed by atoms with Crippen molar-refractivity contribution in [1.29, 1.82) is 0 Å². The van der Waals surface area contributed by atoms with E-state index in [1.165, 1.54) is 89.9 Å². The zero-order chi connectivity index (χ0) is 30.0. The van der Waals surface area contributed by atoms with Crippen LogP contribution in [0.1, 0.15) is 168 Å². The van der Waals surface area contributed by atoms with Crippen molar-refractivity contribution in [3.63, 3.8) is 0 Å². The molecule has 0 aliphatic heterocycles. The smallest absolute Gasteiger partial charge is 0.302 e.